The Kier molecular flexibility index (Phi) is 4.47. The summed E-state index contributed by atoms with van der Waals surface area (Å²) in [4.78, 5) is 4.47. The van der Waals surface area contributed by atoms with Crippen LogP contribution in [0.3, 0.4) is 0 Å². The van der Waals surface area contributed by atoms with Crippen LogP contribution in [0, 0.1) is 0 Å². The molecule has 0 spiro atoms. The molecule has 0 saturated heterocycles. The molecule has 2 aliphatic heterocycles. The second-order valence-electron chi connectivity index (χ2n) is 7.48. The summed E-state index contributed by atoms with van der Waals surface area (Å²) in [5.41, 5.74) is 5.37. The number of nitrogens with one attached hydrogen (secondary N) is 1. The average Bonchev–Trinajstić information content (AvgIpc) is 3.27. The van der Waals surface area contributed by atoms with Gasteiger partial charge in [-0.15, -0.1) is 0 Å². The largest absolute Gasteiger partial charge is 0.480 e. The Bertz CT molecular complexity index is 1310. The molecular formula is C24H16Br2N4O. The number of aromatic nitrogens is 3. The predicted molar refractivity (Wildman–Crippen MR) is 127 cm³/mol. The number of nitrogens with zero attached hydrogens (tertiary/aromatic N) is 3. The minimum Gasteiger partial charge on any atom is -0.480 e. The van der Waals surface area contributed by atoms with Crippen molar-refractivity contribution in [3.63, 3.8) is 0 Å². The molecule has 3 heterocycles. The molecule has 0 saturated carbocycles. The zero-order valence-electron chi connectivity index (χ0n) is 16.2. The zero-order chi connectivity index (χ0) is 20.9. The predicted octanol–water partition coefficient (Wildman–Crippen LogP) is 6.36. The SMILES string of the molecule is Brc1ccc([C@H]2C3=C(Nc4ncnn42)c2ccccc2O[C@@H]3c2ccc(Br)cc2)cc1. The second kappa shape index (κ2) is 7.35. The van der Waals surface area contributed by atoms with E-state index in [4.69, 9.17) is 4.74 Å². The van der Waals surface area contributed by atoms with Crippen molar-refractivity contribution in [1.29, 1.82) is 0 Å². The van der Waals surface area contributed by atoms with Gasteiger partial charge >= 0.3 is 0 Å². The lowest BCUT2D eigenvalue weighted by Crippen LogP contribution is -2.32. The zero-order valence-corrected chi connectivity index (χ0v) is 19.3. The van der Waals surface area contributed by atoms with Gasteiger partial charge in [-0.05, 0) is 47.5 Å². The van der Waals surface area contributed by atoms with E-state index in [1.54, 1.807) is 6.33 Å². The Labute approximate surface area is 196 Å². The smallest absolute Gasteiger partial charge is 0.226 e. The summed E-state index contributed by atoms with van der Waals surface area (Å²) in [7, 11) is 0. The van der Waals surface area contributed by atoms with Gasteiger partial charge in [0.05, 0.1) is 5.70 Å². The van der Waals surface area contributed by atoms with Gasteiger partial charge in [0.15, 0.2) is 0 Å². The molecule has 2 aliphatic rings. The van der Waals surface area contributed by atoms with Crippen LogP contribution in [0.4, 0.5) is 5.95 Å². The fourth-order valence-corrected chi connectivity index (χ4v) is 4.82. The minimum absolute atomic E-state index is 0.149. The van der Waals surface area contributed by atoms with E-state index in [2.05, 4.69) is 89.7 Å². The molecule has 31 heavy (non-hydrogen) atoms. The van der Waals surface area contributed by atoms with Crippen molar-refractivity contribution < 1.29 is 4.74 Å². The third-order valence-corrected chi connectivity index (χ3v) is 6.74. The number of rotatable bonds is 2. The van der Waals surface area contributed by atoms with Crippen molar-refractivity contribution in [2.75, 3.05) is 5.32 Å². The first-order chi connectivity index (χ1) is 15.2. The van der Waals surface area contributed by atoms with Gasteiger partial charge in [-0.3, -0.25) is 0 Å². The van der Waals surface area contributed by atoms with Crippen molar-refractivity contribution in [3.8, 4) is 5.75 Å². The van der Waals surface area contributed by atoms with Crippen molar-refractivity contribution >= 4 is 43.5 Å². The van der Waals surface area contributed by atoms with E-state index in [1.165, 1.54) is 0 Å². The van der Waals surface area contributed by atoms with Crippen molar-refractivity contribution in [2.45, 2.75) is 12.1 Å². The summed E-state index contributed by atoms with van der Waals surface area (Å²) in [5, 5.41) is 8.09. The summed E-state index contributed by atoms with van der Waals surface area (Å²) >= 11 is 7.09. The van der Waals surface area contributed by atoms with Crippen LogP contribution < -0.4 is 10.1 Å². The molecule has 5 nitrogen and oxygen atoms in total. The fraction of sp³-hybridized carbons (Fsp3) is 0.0833. The number of benzene rings is 3. The third kappa shape index (κ3) is 3.11. The molecule has 2 atom stereocenters. The summed E-state index contributed by atoms with van der Waals surface area (Å²) in [6.45, 7) is 0. The van der Waals surface area contributed by atoms with Gasteiger partial charge < -0.3 is 10.1 Å². The Balaban J connectivity index is 1.62. The molecule has 3 aromatic carbocycles. The van der Waals surface area contributed by atoms with Crippen LogP contribution in [0.15, 0.2) is 93.6 Å². The van der Waals surface area contributed by atoms with E-state index >= 15 is 0 Å². The highest BCUT2D eigenvalue weighted by Crippen LogP contribution is 2.50. The van der Waals surface area contributed by atoms with E-state index in [1.807, 2.05) is 35.0 Å². The molecule has 152 valence electrons. The van der Waals surface area contributed by atoms with Crippen LogP contribution in [0.5, 0.6) is 5.75 Å². The molecule has 4 aromatic rings. The Hall–Kier alpha value is -2.90. The fourth-order valence-electron chi connectivity index (χ4n) is 4.30. The van der Waals surface area contributed by atoms with Crippen LogP contribution >= 0.6 is 31.9 Å². The topological polar surface area (TPSA) is 52.0 Å². The average molecular weight is 536 g/mol. The number of anilines is 1. The van der Waals surface area contributed by atoms with E-state index < -0.39 is 0 Å². The van der Waals surface area contributed by atoms with Gasteiger partial charge in [-0.1, -0.05) is 68.3 Å². The highest BCUT2D eigenvalue weighted by atomic mass is 79.9. The van der Waals surface area contributed by atoms with Gasteiger partial charge in [0.2, 0.25) is 5.95 Å². The van der Waals surface area contributed by atoms with Crippen LogP contribution in [0.25, 0.3) is 5.70 Å². The van der Waals surface area contributed by atoms with Gasteiger partial charge in [0.1, 0.15) is 24.2 Å². The molecular weight excluding hydrogens is 520 g/mol. The van der Waals surface area contributed by atoms with Crippen molar-refractivity contribution in [1.82, 2.24) is 14.8 Å². The molecule has 1 aromatic heterocycles. The molecule has 7 heteroatoms. The highest BCUT2D eigenvalue weighted by Gasteiger charge is 2.40. The summed E-state index contributed by atoms with van der Waals surface area (Å²) in [5.74, 6) is 1.57. The molecule has 0 radical (unpaired) electrons. The number of halogens is 2. The van der Waals surface area contributed by atoms with Gasteiger partial charge in [-0.25, -0.2) is 4.68 Å². The molecule has 0 fully saturated rings. The van der Waals surface area contributed by atoms with E-state index in [9.17, 15) is 0 Å². The monoisotopic (exact) mass is 534 g/mol. The summed E-state index contributed by atoms with van der Waals surface area (Å²) in [6.07, 6.45) is 1.32. The third-order valence-electron chi connectivity index (χ3n) is 5.68. The summed E-state index contributed by atoms with van der Waals surface area (Å²) in [6, 6.07) is 24.6. The number of hydrogen-bond acceptors (Lipinski definition) is 4. The Morgan fingerprint density at radius 2 is 1.52 bits per heavy atom. The molecule has 0 bridgehead atoms. The molecule has 1 N–H and O–H groups in total. The van der Waals surface area contributed by atoms with Gasteiger partial charge in [0, 0.05) is 20.1 Å². The standard InChI is InChI=1S/C24H16Br2N4O/c25-16-9-5-14(6-10-16)22-20-21(29-24-27-13-28-30(22)24)18-3-1-2-4-19(18)31-23(20)15-7-11-17(26)12-8-15/h1-13,22-23H,(H,27,28,29)/t22-,23+/m0/s1. The first-order valence-electron chi connectivity index (χ1n) is 9.86. The maximum atomic E-state index is 6.61. The Morgan fingerprint density at radius 1 is 0.839 bits per heavy atom. The number of fused-ring (bicyclic) bond motifs is 3. The molecule has 0 amide bonds. The van der Waals surface area contributed by atoms with Crippen LogP contribution in [0.2, 0.25) is 0 Å². The van der Waals surface area contributed by atoms with Crippen molar-refractivity contribution in [3.05, 3.63) is 110 Å². The maximum Gasteiger partial charge on any atom is 0.226 e. The van der Waals surface area contributed by atoms with Crippen LogP contribution in [0.1, 0.15) is 28.8 Å². The van der Waals surface area contributed by atoms with E-state index in [0.29, 0.717) is 0 Å². The molecule has 6 rings (SSSR count). The van der Waals surface area contributed by atoms with Gasteiger partial charge in [-0.2, -0.15) is 10.1 Å². The van der Waals surface area contributed by atoms with Gasteiger partial charge in [0.25, 0.3) is 0 Å². The lowest BCUT2D eigenvalue weighted by molar-refractivity contribution is 0.223. The first kappa shape index (κ1) is 18.8. The number of hydrogen-bond donors (Lipinski definition) is 1. The second-order valence-corrected chi connectivity index (χ2v) is 9.31. The lowest BCUT2D eigenvalue weighted by Gasteiger charge is -2.39. The molecule has 0 unspecified atom stereocenters. The minimum atomic E-state index is -0.267. The highest BCUT2D eigenvalue weighted by molar-refractivity contribution is 9.10. The molecule has 0 aliphatic carbocycles. The van der Waals surface area contributed by atoms with Crippen molar-refractivity contribution in [2.24, 2.45) is 0 Å². The quantitative estimate of drug-likeness (QED) is 0.324. The van der Waals surface area contributed by atoms with Crippen LogP contribution in [-0.4, -0.2) is 14.8 Å². The number of para-hydroxylation sites is 1. The first-order valence-corrected chi connectivity index (χ1v) is 11.5. The normalized spacial score (nSPS) is 19.0. The Morgan fingerprint density at radius 3 is 2.26 bits per heavy atom. The summed E-state index contributed by atoms with van der Waals surface area (Å²) < 4.78 is 10.6. The van der Waals surface area contributed by atoms with E-state index in [0.717, 1.165) is 48.6 Å². The van der Waals surface area contributed by atoms with Crippen LogP contribution in [-0.2, 0) is 0 Å². The van der Waals surface area contributed by atoms with E-state index in [-0.39, 0.29) is 12.1 Å². The lowest BCUT2D eigenvalue weighted by atomic mass is 9.85. The number of ether oxygens (including phenoxy) is 1. The maximum absolute atomic E-state index is 6.61.